The van der Waals surface area contributed by atoms with Gasteiger partial charge < -0.3 is 20.1 Å². The van der Waals surface area contributed by atoms with Crippen molar-refractivity contribution >= 4 is 18.0 Å². The Morgan fingerprint density at radius 1 is 1.32 bits per heavy atom. The lowest BCUT2D eigenvalue weighted by Gasteiger charge is -2.20. The Morgan fingerprint density at radius 2 is 1.95 bits per heavy atom. The van der Waals surface area contributed by atoms with Crippen LogP contribution < -0.4 is 5.32 Å². The molecule has 2 amide bonds. The maximum atomic E-state index is 11.7. The van der Waals surface area contributed by atoms with E-state index < -0.39 is 23.9 Å². The summed E-state index contributed by atoms with van der Waals surface area (Å²) in [5.74, 6) is -1.87. The average Bonchev–Trinajstić information content (AvgIpc) is 2.35. The van der Waals surface area contributed by atoms with Gasteiger partial charge in [0.05, 0.1) is 12.5 Å². The summed E-state index contributed by atoms with van der Waals surface area (Å²) < 4.78 is 4.76. The Morgan fingerprint density at radius 3 is 2.42 bits per heavy atom. The molecule has 0 radical (unpaired) electrons. The molecule has 0 aromatic carbocycles. The largest absolute Gasteiger partial charge is 0.481 e. The normalized spacial score (nSPS) is 11.5. The Bertz CT molecular complexity index is 319. The van der Waals surface area contributed by atoms with Gasteiger partial charge in [0.2, 0.25) is 0 Å². The molecule has 7 nitrogen and oxygen atoms in total. The van der Waals surface area contributed by atoms with Crippen molar-refractivity contribution in [2.75, 3.05) is 26.2 Å². The van der Waals surface area contributed by atoms with Crippen LogP contribution in [0.25, 0.3) is 0 Å². The van der Waals surface area contributed by atoms with E-state index in [0.29, 0.717) is 13.0 Å². The number of likely N-dealkylation sites (N-methyl/N-ethyl adjacent to an activating group) is 1. The van der Waals surface area contributed by atoms with E-state index >= 15 is 0 Å². The van der Waals surface area contributed by atoms with Gasteiger partial charge >= 0.3 is 18.0 Å². The van der Waals surface area contributed by atoms with Crippen LogP contribution in [0.5, 0.6) is 0 Å². The number of ether oxygens (including phenoxy) is 1. The van der Waals surface area contributed by atoms with Gasteiger partial charge in [0.15, 0.2) is 0 Å². The third kappa shape index (κ3) is 7.28. The summed E-state index contributed by atoms with van der Waals surface area (Å²) in [6.45, 7) is 5.81. The molecule has 0 aromatic rings. The molecule has 0 spiro atoms. The predicted molar refractivity (Wildman–Crippen MR) is 68.7 cm³/mol. The molecular formula is C12H22N2O5. The maximum Gasteiger partial charge on any atom is 0.325 e. The molecule has 0 fully saturated rings. The molecule has 0 bridgehead atoms. The van der Waals surface area contributed by atoms with Crippen molar-refractivity contribution in [2.24, 2.45) is 5.92 Å². The molecule has 19 heavy (non-hydrogen) atoms. The van der Waals surface area contributed by atoms with Gasteiger partial charge in [0, 0.05) is 13.1 Å². The minimum absolute atomic E-state index is 0.106. The highest BCUT2D eigenvalue weighted by Crippen LogP contribution is 2.00. The minimum atomic E-state index is -0.895. The summed E-state index contributed by atoms with van der Waals surface area (Å²) in [6, 6.07) is -0.395. The second kappa shape index (κ2) is 9.18. The van der Waals surface area contributed by atoms with Gasteiger partial charge in [-0.25, -0.2) is 4.79 Å². The summed E-state index contributed by atoms with van der Waals surface area (Å²) in [5, 5.41) is 11.3. The van der Waals surface area contributed by atoms with E-state index in [4.69, 9.17) is 9.84 Å². The minimum Gasteiger partial charge on any atom is -0.481 e. The van der Waals surface area contributed by atoms with Crippen LogP contribution in [-0.4, -0.2) is 54.2 Å². The second-order valence-corrected chi connectivity index (χ2v) is 4.08. The number of hydrogen-bond donors (Lipinski definition) is 2. The Balaban J connectivity index is 4.08. The Labute approximate surface area is 112 Å². The van der Waals surface area contributed by atoms with Crippen molar-refractivity contribution in [3.05, 3.63) is 0 Å². The lowest BCUT2D eigenvalue weighted by Crippen LogP contribution is -2.43. The highest BCUT2D eigenvalue weighted by Gasteiger charge is 2.16. The molecule has 0 saturated heterocycles. The second-order valence-electron chi connectivity index (χ2n) is 4.08. The number of aliphatic carboxylic acids is 1. The summed E-state index contributed by atoms with van der Waals surface area (Å²) >= 11 is 0. The standard InChI is InChI=1S/C12H22N2O5/c1-4-14(8-10(15)19-5-2)12(18)13-7-6-9(3)11(16)17/h9H,4-8H2,1-3H3,(H,13,18)(H,16,17). The summed E-state index contributed by atoms with van der Waals surface area (Å²) in [4.78, 5) is 34.9. The molecule has 0 saturated carbocycles. The number of carboxylic acids is 1. The molecule has 110 valence electrons. The summed E-state index contributed by atoms with van der Waals surface area (Å²) in [6.07, 6.45) is 0.345. The van der Waals surface area contributed by atoms with E-state index in [1.54, 1.807) is 20.8 Å². The summed E-state index contributed by atoms with van der Waals surface area (Å²) in [5.41, 5.74) is 0. The quantitative estimate of drug-likeness (QED) is 0.635. The number of esters is 1. The molecule has 7 heteroatoms. The van der Waals surface area contributed by atoms with Gasteiger partial charge in [-0.2, -0.15) is 0 Å². The number of urea groups is 1. The highest BCUT2D eigenvalue weighted by atomic mass is 16.5. The van der Waals surface area contributed by atoms with E-state index in [-0.39, 0.29) is 19.7 Å². The maximum absolute atomic E-state index is 11.7. The topological polar surface area (TPSA) is 95.9 Å². The molecule has 0 aromatic heterocycles. The molecular weight excluding hydrogens is 252 g/mol. The number of nitrogens with zero attached hydrogens (tertiary/aromatic N) is 1. The smallest absolute Gasteiger partial charge is 0.325 e. The van der Waals surface area contributed by atoms with Crippen LogP contribution in [-0.2, 0) is 14.3 Å². The van der Waals surface area contributed by atoms with E-state index in [2.05, 4.69) is 5.32 Å². The highest BCUT2D eigenvalue weighted by molar-refractivity contribution is 5.80. The van der Waals surface area contributed by atoms with Crippen LogP contribution in [0.4, 0.5) is 4.79 Å². The monoisotopic (exact) mass is 274 g/mol. The van der Waals surface area contributed by atoms with Gasteiger partial charge in [-0.05, 0) is 20.3 Å². The van der Waals surface area contributed by atoms with Gasteiger partial charge in [-0.3, -0.25) is 9.59 Å². The number of nitrogens with one attached hydrogen (secondary N) is 1. The number of carboxylic acid groups (broad SMARTS) is 1. The van der Waals surface area contributed by atoms with Gasteiger partial charge in [0.25, 0.3) is 0 Å². The Kier molecular flexibility index (Phi) is 8.32. The van der Waals surface area contributed by atoms with Crippen LogP contribution in [0.3, 0.4) is 0 Å². The first kappa shape index (κ1) is 17.2. The summed E-state index contributed by atoms with van der Waals surface area (Å²) in [7, 11) is 0. The molecule has 0 aliphatic carbocycles. The van der Waals surface area contributed by atoms with Crippen molar-refractivity contribution in [2.45, 2.75) is 27.2 Å². The number of carbonyl (C=O) groups excluding carboxylic acids is 2. The SMILES string of the molecule is CCOC(=O)CN(CC)C(=O)NCCC(C)C(=O)O. The zero-order chi connectivity index (χ0) is 14.8. The third-order valence-corrected chi connectivity index (χ3v) is 2.57. The number of carbonyl (C=O) groups is 3. The third-order valence-electron chi connectivity index (χ3n) is 2.57. The van der Waals surface area contributed by atoms with Crippen LogP contribution in [0, 0.1) is 5.92 Å². The molecule has 1 unspecified atom stereocenters. The van der Waals surface area contributed by atoms with Crippen LogP contribution in [0.1, 0.15) is 27.2 Å². The van der Waals surface area contributed by atoms with E-state index in [0.717, 1.165) is 0 Å². The van der Waals surface area contributed by atoms with Gasteiger partial charge in [-0.1, -0.05) is 6.92 Å². The van der Waals surface area contributed by atoms with Crippen LogP contribution in [0.15, 0.2) is 0 Å². The first-order chi connectivity index (χ1) is 8.92. The molecule has 2 N–H and O–H groups in total. The fraction of sp³-hybridized carbons (Fsp3) is 0.750. The predicted octanol–water partition coefficient (Wildman–Crippen LogP) is 0.692. The zero-order valence-corrected chi connectivity index (χ0v) is 11.6. The molecule has 0 heterocycles. The first-order valence-corrected chi connectivity index (χ1v) is 6.33. The Hall–Kier alpha value is -1.79. The van der Waals surface area contributed by atoms with Crippen molar-refractivity contribution in [3.63, 3.8) is 0 Å². The van der Waals surface area contributed by atoms with E-state index in [1.807, 2.05) is 0 Å². The molecule has 0 aliphatic rings. The lowest BCUT2D eigenvalue weighted by atomic mass is 10.1. The van der Waals surface area contributed by atoms with Crippen molar-refractivity contribution in [3.8, 4) is 0 Å². The molecule has 0 aliphatic heterocycles. The van der Waals surface area contributed by atoms with Crippen LogP contribution in [0.2, 0.25) is 0 Å². The number of rotatable bonds is 8. The van der Waals surface area contributed by atoms with E-state index in [9.17, 15) is 14.4 Å². The molecule has 0 rings (SSSR count). The molecule has 1 atom stereocenters. The van der Waals surface area contributed by atoms with E-state index in [1.165, 1.54) is 4.90 Å². The van der Waals surface area contributed by atoms with Crippen LogP contribution >= 0.6 is 0 Å². The van der Waals surface area contributed by atoms with Crippen molar-refractivity contribution in [1.82, 2.24) is 10.2 Å². The average molecular weight is 274 g/mol. The first-order valence-electron chi connectivity index (χ1n) is 6.33. The number of amides is 2. The van der Waals surface area contributed by atoms with Crippen molar-refractivity contribution < 1.29 is 24.2 Å². The lowest BCUT2D eigenvalue weighted by molar-refractivity contribution is -0.143. The number of hydrogen-bond acceptors (Lipinski definition) is 4. The van der Waals surface area contributed by atoms with Crippen molar-refractivity contribution in [1.29, 1.82) is 0 Å². The fourth-order valence-corrected chi connectivity index (χ4v) is 1.32. The van der Waals surface area contributed by atoms with Gasteiger partial charge in [-0.15, -0.1) is 0 Å². The fourth-order valence-electron chi connectivity index (χ4n) is 1.32. The van der Waals surface area contributed by atoms with Gasteiger partial charge in [0.1, 0.15) is 6.54 Å². The zero-order valence-electron chi connectivity index (χ0n) is 11.6.